The minimum atomic E-state index is -1.02. The van der Waals surface area contributed by atoms with Gasteiger partial charge in [0.05, 0.1) is 0 Å². The largest absolute Gasteiger partial charge is 0.309 e. The second-order valence-electron chi connectivity index (χ2n) is 2.99. The lowest BCUT2D eigenvalue weighted by molar-refractivity contribution is 0.259. The van der Waals surface area contributed by atoms with Gasteiger partial charge in [-0.25, -0.2) is 0 Å². The summed E-state index contributed by atoms with van der Waals surface area (Å²) in [5.74, 6) is 0.0467. The zero-order valence-electron chi connectivity index (χ0n) is 7.42. The van der Waals surface area contributed by atoms with E-state index in [1.165, 1.54) is 0 Å². The van der Waals surface area contributed by atoms with E-state index < -0.39 is 9.33 Å². The minimum Gasteiger partial charge on any atom is -0.309 e. The van der Waals surface area contributed by atoms with E-state index in [9.17, 15) is 0 Å². The monoisotopic (exact) mass is 282 g/mol. The van der Waals surface area contributed by atoms with Gasteiger partial charge in [0, 0.05) is 0 Å². The summed E-state index contributed by atoms with van der Waals surface area (Å²) < 4.78 is -0.946. The molecule has 0 unspecified atom stereocenters. The predicted molar refractivity (Wildman–Crippen MR) is 61.8 cm³/mol. The van der Waals surface area contributed by atoms with Gasteiger partial charge in [0.1, 0.15) is 5.66 Å². The summed E-state index contributed by atoms with van der Waals surface area (Å²) in [6.07, 6.45) is 0. The third-order valence-electron chi connectivity index (χ3n) is 1.93. The molecule has 0 radical (unpaired) electrons. The maximum atomic E-state index is 5.86. The van der Waals surface area contributed by atoms with Crippen LogP contribution < -0.4 is 11.5 Å². The lowest BCUT2D eigenvalue weighted by atomic mass is 9.95. The van der Waals surface area contributed by atoms with Crippen molar-refractivity contribution in [3.05, 3.63) is 0 Å². The van der Waals surface area contributed by atoms with Crippen LogP contribution in [0.5, 0.6) is 0 Å². The number of hydrogen-bond donors (Lipinski definition) is 2. The van der Waals surface area contributed by atoms with Crippen LogP contribution in [-0.2, 0) is 0 Å². The molecule has 0 saturated carbocycles. The average molecular weight is 282 g/mol. The first-order valence-corrected chi connectivity index (χ1v) is 4.62. The van der Waals surface area contributed by atoms with E-state index in [4.69, 9.17) is 11.5 Å². The Bertz CT molecular complexity index is 180. The van der Waals surface area contributed by atoms with E-state index in [0.717, 1.165) is 0 Å². The maximum absolute atomic E-state index is 5.86. The lowest BCUT2D eigenvalue weighted by Crippen LogP contribution is -2.65. The van der Waals surface area contributed by atoms with Crippen molar-refractivity contribution in [2.75, 3.05) is 0 Å². The number of rotatable bonds is 4. The standard InChI is InChI=1S/C7H15IN4/c1-5(2)6(9,10)7(8,11-3)12-4/h5H,3-4,9-10H2,1-2H3. The molecule has 0 amide bonds. The van der Waals surface area contributed by atoms with Crippen molar-refractivity contribution in [2.24, 2.45) is 27.4 Å². The van der Waals surface area contributed by atoms with Gasteiger partial charge in [-0.3, -0.25) is 9.98 Å². The van der Waals surface area contributed by atoms with Crippen LogP contribution in [-0.4, -0.2) is 22.8 Å². The Balaban J connectivity index is 4.95. The Morgan fingerprint density at radius 3 is 1.67 bits per heavy atom. The zero-order chi connectivity index (χ0) is 9.99. The summed E-state index contributed by atoms with van der Waals surface area (Å²) >= 11 is 1.95. The van der Waals surface area contributed by atoms with Crippen LogP contribution in [0.2, 0.25) is 0 Å². The molecule has 0 aliphatic rings. The molecule has 70 valence electrons. The Morgan fingerprint density at radius 2 is 1.58 bits per heavy atom. The summed E-state index contributed by atoms with van der Waals surface area (Å²) in [6.45, 7) is 10.6. The molecule has 0 heterocycles. The maximum Gasteiger partial charge on any atom is 0.230 e. The lowest BCUT2D eigenvalue weighted by Gasteiger charge is -2.38. The van der Waals surface area contributed by atoms with Crippen LogP contribution in [0.15, 0.2) is 9.98 Å². The molecule has 0 aliphatic heterocycles. The first kappa shape index (κ1) is 12.0. The van der Waals surface area contributed by atoms with Crippen molar-refractivity contribution in [1.29, 1.82) is 0 Å². The van der Waals surface area contributed by atoms with E-state index in [1.807, 2.05) is 36.4 Å². The number of aliphatic imine (C=N–C) groups is 2. The molecule has 0 rings (SSSR count). The summed E-state index contributed by atoms with van der Waals surface area (Å²) in [5.41, 5.74) is 10.7. The van der Waals surface area contributed by atoms with E-state index in [0.29, 0.717) is 0 Å². The number of hydrogen-bond acceptors (Lipinski definition) is 4. The molecule has 0 bridgehead atoms. The molecule has 0 aromatic carbocycles. The number of halogens is 1. The fraction of sp³-hybridized carbons (Fsp3) is 0.714. The molecular weight excluding hydrogens is 267 g/mol. The van der Waals surface area contributed by atoms with Gasteiger partial charge in [0.2, 0.25) is 3.67 Å². The van der Waals surface area contributed by atoms with E-state index >= 15 is 0 Å². The van der Waals surface area contributed by atoms with Crippen LogP contribution in [0.3, 0.4) is 0 Å². The number of nitrogens with two attached hydrogens (primary N) is 2. The summed E-state index contributed by atoms with van der Waals surface area (Å²) in [6, 6.07) is 0. The molecule has 0 saturated heterocycles. The highest BCUT2D eigenvalue weighted by Crippen LogP contribution is 2.33. The molecule has 0 atom stereocenters. The zero-order valence-corrected chi connectivity index (χ0v) is 9.58. The van der Waals surface area contributed by atoms with Gasteiger partial charge < -0.3 is 11.5 Å². The molecule has 4 N–H and O–H groups in total. The third kappa shape index (κ3) is 1.83. The van der Waals surface area contributed by atoms with Crippen molar-refractivity contribution < 1.29 is 0 Å². The molecular formula is C7H15IN4. The number of nitrogens with zero attached hydrogens (tertiary/aromatic N) is 2. The van der Waals surface area contributed by atoms with Gasteiger partial charge in [-0.15, -0.1) is 0 Å². The smallest absolute Gasteiger partial charge is 0.230 e. The predicted octanol–water partition coefficient (Wildman–Crippen LogP) is 0.746. The first-order chi connectivity index (χ1) is 5.31. The van der Waals surface area contributed by atoms with Crippen molar-refractivity contribution in [1.82, 2.24) is 0 Å². The minimum absolute atomic E-state index is 0.0467. The van der Waals surface area contributed by atoms with Gasteiger partial charge >= 0.3 is 0 Å². The van der Waals surface area contributed by atoms with E-state index in [2.05, 4.69) is 23.4 Å². The fourth-order valence-electron chi connectivity index (χ4n) is 0.691. The van der Waals surface area contributed by atoms with Gasteiger partial charge in [-0.1, -0.05) is 13.8 Å². The van der Waals surface area contributed by atoms with Gasteiger partial charge in [-0.05, 0) is 41.9 Å². The Hall–Kier alpha value is -0.0100. The highest BCUT2D eigenvalue weighted by Gasteiger charge is 2.45. The quantitative estimate of drug-likeness (QED) is 0.262. The van der Waals surface area contributed by atoms with Crippen molar-refractivity contribution in [3.8, 4) is 0 Å². The Morgan fingerprint density at radius 1 is 1.25 bits per heavy atom. The molecule has 4 nitrogen and oxygen atoms in total. The van der Waals surface area contributed by atoms with Gasteiger partial charge in [0.25, 0.3) is 0 Å². The van der Waals surface area contributed by atoms with Crippen molar-refractivity contribution in [2.45, 2.75) is 23.2 Å². The third-order valence-corrected chi connectivity index (χ3v) is 3.54. The molecule has 0 spiro atoms. The Kier molecular flexibility index (Phi) is 3.80. The highest BCUT2D eigenvalue weighted by molar-refractivity contribution is 14.1. The highest BCUT2D eigenvalue weighted by atomic mass is 127. The molecule has 12 heavy (non-hydrogen) atoms. The van der Waals surface area contributed by atoms with Gasteiger partial charge in [0.15, 0.2) is 0 Å². The Labute approximate surface area is 86.7 Å². The number of alkyl halides is 1. The molecule has 0 fully saturated rings. The van der Waals surface area contributed by atoms with Crippen LogP contribution in [0, 0.1) is 5.92 Å². The average Bonchev–Trinajstić information content (AvgIpc) is 2.02. The SMILES string of the molecule is C=NC(I)(N=C)C(N)(N)C(C)C. The molecule has 0 aromatic heterocycles. The van der Waals surface area contributed by atoms with Crippen LogP contribution in [0.4, 0.5) is 0 Å². The van der Waals surface area contributed by atoms with E-state index in [-0.39, 0.29) is 5.92 Å². The molecule has 0 aliphatic carbocycles. The normalized spacial score (nSPS) is 13.2. The van der Waals surface area contributed by atoms with Crippen molar-refractivity contribution in [3.63, 3.8) is 0 Å². The summed E-state index contributed by atoms with van der Waals surface area (Å²) in [5, 5.41) is 0. The van der Waals surface area contributed by atoms with Gasteiger partial charge in [-0.2, -0.15) is 0 Å². The summed E-state index contributed by atoms with van der Waals surface area (Å²) in [4.78, 5) is 7.58. The van der Waals surface area contributed by atoms with E-state index in [1.54, 1.807) is 0 Å². The molecule has 0 aromatic rings. The van der Waals surface area contributed by atoms with Crippen LogP contribution in [0.25, 0.3) is 0 Å². The van der Waals surface area contributed by atoms with Crippen LogP contribution in [0.1, 0.15) is 13.8 Å². The fourth-order valence-corrected chi connectivity index (χ4v) is 1.31. The molecule has 5 heteroatoms. The summed E-state index contributed by atoms with van der Waals surface area (Å²) in [7, 11) is 0. The van der Waals surface area contributed by atoms with Crippen molar-refractivity contribution >= 4 is 36.0 Å². The second kappa shape index (κ2) is 3.80. The topological polar surface area (TPSA) is 76.8 Å². The first-order valence-electron chi connectivity index (χ1n) is 3.54. The van der Waals surface area contributed by atoms with Crippen LogP contribution >= 0.6 is 22.6 Å². The second-order valence-corrected chi connectivity index (χ2v) is 4.50.